The highest BCUT2D eigenvalue weighted by Crippen LogP contribution is 2.31. The topological polar surface area (TPSA) is 74.1 Å². The number of aromatic nitrogens is 1. The lowest BCUT2D eigenvalue weighted by Gasteiger charge is -1.99. The van der Waals surface area contributed by atoms with Crippen molar-refractivity contribution in [2.45, 2.75) is 5.03 Å². The first-order chi connectivity index (χ1) is 10.8. The highest BCUT2D eigenvalue weighted by molar-refractivity contribution is 7.99. The largest absolute Gasteiger partial charge is 0.454 e. The molecule has 0 atom stereocenters. The van der Waals surface area contributed by atoms with Crippen molar-refractivity contribution in [3.63, 3.8) is 0 Å². The van der Waals surface area contributed by atoms with E-state index in [1.54, 1.807) is 6.21 Å². The smallest absolute Gasteiger partial charge is 0.250 e. The lowest BCUT2D eigenvalue weighted by Crippen LogP contribution is -2.20. The highest BCUT2D eigenvalue weighted by atomic mass is 32.2. The number of pyridine rings is 1. The van der Waals surface area contributed by atoms with Gasteiger partial charge in [-0.25, -0.2) is 10.4 Å². The predicted octanol–water partition coefficient (Wildman–Crippen LogP) is 1.47. The van der Waals surface area contributed by atoms with Gasteiger partial charge in [0.25, 0.3) is 5.91 Å². The van der Waals surface area contributed by atoms with Crippen molar-refractivity contribution in [3.8, 4) is 11.5 Å². The average molecular weight is 316 g/mol. The van der Waals surface area contributed by atoms with E-state index in [0.717, 1.165) is 16.3 Å². The molecular weight excluding hydrogens is 302 g/mol. The number of hydrogen-bond acceptors (Lipinski definition) is 5. The van der Waals surface area contributed by atoms with Gasteiger partial charge in [-0.15, -0.1) is 0 Å². The Morgan fingerprint density at radius 1 is 1.32 bits per heavy atom. The van der Waals surface area contributed by atoms with Gasteiger partial charge in [0.2, 0.25) is 11.8 Å². The summed E-state index contributed by atoms with van der Waals surface area (Å²) in [5.41, 5.74) is 3.32. The Balaban J connectivity index is 1.48. The first-order valence-corrected chi connectivity index (χ1v) is 7.61. The van der Waals surface area contributed by atoms with Gasteiger partial charge < -0.3 is 9.47 Å². The molecule has 112 valence electrons. The summed E-state index contributed by atoms with van der Waals surface area (Å²) >= 11 is 1.41. The molecule has 2 aromatic rings. The third-order valence-electron chi connectivity index (χ3n) is 2.84. The fourth-order valence-electron chi connectivity index (χ4n) is 1.81. The number of aromatic amines is 1. The fraction of sp³-hybridized carbons (Fsp3) is 0.133. The van der Waals surface area contributed by atoms with E-state index in [4.69, 9.17) is 9.47 Å². The molecule has 2 heterocycles. The second-order valence-electron chi connectivity index (χ2n) is 4.42. The van der Waals surface area contributed by atoms with E-state index in [2.05, 4.69) is 15.5 Å². The molecule has 1 aromatic heterocycles. The zero-order valence-corrected chi connectivity index (χ0v) is 12.4. The van der Waals surface area contributed by atoms with Crippen LogP contribution in [0.2, 0.25) is 0 Å². The number of carbonyl (C=O) groups is 1. The third-order valence-corrected chi connectivity index (χ3v) is 3.81. The summed E-state index contributed by atoms with van der Waals surface area (Å²) in [7, 11) is 0. The van der Waals surface area contributed by atoms with E-state index in [-0.39, 0.29) is 12.7 Å². The number of benzene rings is 1. The first kappa shape index (κ1) is 14.4. The lowest BCUT2D eigenvalue weighted by molar-refractivity contribution is -0.426. The molecule has 22 heavy (non-hydrogen) atoms. The molecular formula is C15H14N3O3S+. The number of fused-ring (bicyclic) bond motifs is 1. The van der Waals surface area contributed by atoms with E-state index in [1.165, 1.54) is 11.8 Å². The molecule has 0 fully saturated rings. The van der Waals surface area contributed by atoms with Crippen LogP contribution in [-0.4, -0.2) is 24.7 Å². The van der Waals surface area contributed by atoms with Gasteiger partial charge >= 0.3 is 0 Å². The molecule has 6 nitrogen and oxygen atoms in total. The maximum absolute atomic E-state index is 11.7. The minimum Gasteiger partial charge on any atom is -0.454 e. The number of hydrazone groups is 1. The number of nitrogens with zero attached hydrogens (tertiary/aromatic N) is 1. The van der Waals surface area contributed by atoms with Crippen LogP contribution in [0.3, 0.4) is 0 Å². The van der Waals surface area contributed by atoms with Crippen LogP contribution in [0.25, 0.3) is 0 Å². The zero-order valence-electron chi connectivity index (χ0n) is 11.6. The number of rotatable bonds is 5. The monoisotopic (exact) mass is 316 g/mol. The van der Waals surface area contributed by atoms with Crippen molar-refractivity contribution in [2.24, 2.45) is 5.10 Å². The van der Waals surface area contributed by atoms with Crippen LogP contribution in [0.1, 0.15) is 5.56 Å². The van der Waals surface area contributed by atoms with Crippen molar-refractivity contribution >= 4 is 23.9 Å². The molecule has 0 aliphatic carbocycles. The molecule has 1 aliphatic rings. The summed E-state index contributed by atoms with van der Waals surface area (Å²) in [6.07, 6.45) is 3.39. The van der Waals surface area contributed by atoms with Crippen LogP contribution in [0.4, 0.5) is 0 Å². The van der Waals surface area contributed by atoms with E-state index in [0.29, 0.717) is 11.5 Å². The Kier molecular flexibility index (Phi) is 4.55. The molecule has 1 amide bonds. The quantitative estimate of drug-likeness (QED) is 0.515. The van der Waals surface area contributed by atoms with Gasteiger partial charge in [-0.3, -0.25) is 4.79 Å². The van der Waals surface area contributed by atoms with E-state index in [1.807, 2.05) is 42.6 Å². The van der Waals surface area contributed by atoms with Crippen LogP contribution < -0.4 is 19.9 Å². The van der Waals surface area contributed by atoms with Gasteiger partial charge in [-0.05, 0) is 41.6 Å². The van der Waals surface area contributed by atoms with Gasteiger partial charge in [0.15, 0.2) is 17.7 Å². The SMILES string of the molecule is O=C(CSc1cccc[nH+]1)NN=Cc1ccc2c(c1)OCO2. The molecule has 0 bridgehead atoms. The second kappa shape index (κ2) is 6.95. The second-order valence-corrected chi connectivity index (χ2v) is 5.44. The number of ether oxygens (including phenoxy) is 2. The molecule has 0 saturated heterocycles. The normalized spacial score (nSPS) is 12.5. The molecule has 0 radical (unpaired) electrons. The van der Waals surface area contributed by atoms with Crippen molar-refractivity contribution < 1.29 is 19.3 Å². The molecule has 0 saturated carbocycles. The molecule has 0 unspecified atom stereocenters. The number of amides is 1. The Hall–Kier alpha value is -2.54. The minimum atomic E-state index is -0.167. The summed E-state index contributed by atoms with van der Waals surface area (Å²) in [6, 6.07) is 11.2. The summed E-state index contributed by atoms with van der Waals surface area (Å²) < 4.78 is 10.5. The van der Waals surface area contributed by atoms with Gasteiger partial charge in [-0.1, -0.05) is 0 Å². The predicted molar refractivity (Wildman–Crippen MR) is 82.0 cm³/mol. The lowest BCUT2D eigenvalue weighted by atomic mass is 10.2. The molecule has 1 aliphatic heterocycles. The van der Waals surface area contributed by atoms with Gasteiger partial charge in [0.1, 0.15) is 0 Å². The summed E-state index contributed by atoms with van der Waals surface area (Å²) in [4.78, 5) is 14.7. The van der Waals surface area contributed by atoms with Crippen molar-refractivity contribution in [1.29, 1.82) is 0 Å². The number of carbonyl (C=O) groups excluding carboxylic acids is 1. The number of thioether (sulfide) groups is 1. The van der Waals surface area contributed by atoms with Gasteiger partial charge in [-0.2, -0.15) is 5.10 Å². The molecule has 7 heteroatoms. The van der Waals surface area contributed by atoms with Gasteiger partial charge in [0.05, 0.1) is 12.0 Å². The van der Waals surface area contributed by atoms with Crippen molar-refractivity contribution in [1.82, 2.24) is 5.43 Å². The van der Waals surface area contributed by atoms with E-state index in [9.17, 15) is 4.79 Å². The van der Waals surface area contributed by atoms with Crippen LogP contribution in [-0.2, 0) is 4.79 Å². The summed E-state index contributed by atoms with van der Waals surface area (Å²) in [5.74, 6) is 1.53. The van der Waals surface area contributed by atoms with Crippen LogP contribution in [0.15, 0.2) is 52.7 Å². The summed E-state index contributed by atoms with van der Waals surface area (Å²) in [5, 5.41) is 4.86. The maximum atomic E-state index is 11.7. The van der Waals surface area contributed by atoms with Crippen molar-refractivity contribution in [2.75, 3.05) is 12.5 Å². The Morgan fingerprint density at radius 3 is 3.09 bits per heavy atom. The average Bonchev–Trinajstić information content (AvgIpc) is 3.02. The first-order valence-electron chi connectivity index (χ1n) is 6.62. The Labute approximate surface area is 131 Å². The molecule has 0 spiro atoms. The standard InChI is InChI=1S/C15H13N3O3S/c19-14(9-22-15-3-1-2-6-16-15)18-17-8-11-4-5-12-13(7-11)21-10-20-12/h1-8H,9-10H2,(H,18,19)/p+1. The zero-order chi connectivity index (χ0) is 15.2. The third kappa shape index (κ3) is 3.76. The van der Waals surface area contributed by atoms with E-state index < -0.39 is 0 Å². The Morgan fingerprint density at radius 2 is 2.23 bits per heavy atom. The minimum absolute atomic E-state index is 0.167. The fourth-order valence-corrected chi connectivity index (χ4v) is 2.49. The maximum Gasteiger partial charge on any atom is 0.250 e. The summed E-state index contributed by atoms with van der Waals surface area (Å²) in [6.45, 7) is 0.237. The van der Waals surface area contributed by atoms with Crippen molar-refractivity contribution in [3.05, 3.63) is 48.2 Å². The number of H-pyrrole nitrogens is 1. The van der Waals surface area contributed by atoms with Gasteiger partial charge in [0, 0.05) is 12.1 Å². The van der Waals surface area contributed by atoms with E-state index >= 15 is 0 Å². The molecule has 1 aromatic carbocycles. The number of nitrogens with one attached hydrogen (secondary N) is 2. The van der Waals surface area contributed by atoms with Crippen LogP contribution in [0, 0.1) is 0 Å². The molecule has 3 rings (SSSR count). The number of hydrogen-bond donors (Lipinski definition) is 1. The van der Waals surface area contributed by atoms with Crippen LogP contribution >= 0.6 is 11.8 Å². The highest BCUT2D eigenvalue weighted by Gasteiger charge is 2.12. The van der Waals surface area contributed by atoms with Crippen LogP contribution in [0.5, 0.6) is 11.5 Å². The Bertz CT molecular complexity index is 692. The molecule has 2 N–H and O–H groups in total.